The number of hydrogen-bond acceptors (Lipinski definition) is 5. The largest absolute Gasteiger partial charge is 0.423 e. The molecule has 2 N–H and O–H groups in total. The Balaban J connectivity index is 1.84. The van der Waals surface area contributed by atoms with Crippen LogP contribution in [0.5, 0.6) is 0 Å². The lowest BCUT2D eigenvalue weighted by Crippen LogP contribution is -2.30. The van der Waals surface area contributed by atoms with Crippen molar-refractivity contribution in [2.24, 2.45) is 0 Å². The smallest absolute Gasteiger partial charge is 0.298 e. The Bertz CT molecular complexity index is 705. The third kappa shape index (κ3) is 2.36. The van der Waals surface area contributed by atoms with Gasteiger partial charge in [0.05, 0.1) is 5.69 Å². The number of nitrogens with two attached hydrogens (primary N) is 1. The summed E-state index contributed by atoms with van der Waals surface area (Å²) in [6.07, 6.45) is 0.975. The molecule has 0 fully saturated rings. The van der Waals surface area contributed by atoms with Crippen molar-refractivity contribution in [1.82, 2.24) is 4.98 Å². The maximum atomic E-state index is 5.92. The van der Waals surface area contributed by atoms with Crippen LogP contribution in [-0.4, -0.2) is 18.1 Å². The molecule has 1 aromatic carbocycles. The predicted molar refractivity (Wildman–Crippen MR) is 84.3 cm³/mol. The first-order valence-corrected chi connectivity index (χ1v) is 7.43. The Morgan fingerprint density at radius 3 is 2.90 bits per heavy atom. The molecule has 0 bridgehead atoms. The summed E-state index contributed by atoms with van der Waals surface area (Å²) in [7, 11) is 2.00. The fourth-order valence-electron chi connectivity index (χ4n) is 2.15. The Kier molecular flexibility index (Phi) is 3.36. The van der Waals surface area contributed by atoms with Crippen molar-refractivity contribution in [2.75, 3.05) is 17.7 Å². The number of rotatable bonds is 4. The zero-order chi connectivity index (χ0) is 14.1. The normalized spacial score (nSPS) is 12.7. The van der Waals surface area contributed by atoms with E-state index in [9.17, 15) is 0 Å². The molecule has 0 saturated heterocycles. The number of aromatic nitrogens is 1. The quantitative estimate of drug-likeness (QED) is 0.746. The number of fused-ring (bicyclic) bond motifs is 1. The summed E-state index contributed by atoms with van der Waals surface area (Å²) in [5.74, 6) is 0. The molecule has 0 spiro atoms. The Morgan fingerprint density at radius 2 is 2.20 bits per heavy atom. The molecule has 4 nitrogen and oxygen atoms in total. The zero-order valence-corrected chi connectivity index (χ0v) is 12.4. The summed E-state index contributed by atoms with van der Waals surface area (Å²) in [4.78, 5) is 7.92. The Morgan fingerprint density at radius 1 is 1.35 bits per heavy atom. The van der Waals surface area contributed by atoms with Crippen molar-refractivity contribution < 1.29 is 4.42 Å². The maximum absolute atomic E-state index is 5.92. The van der Waals surface area contributed by atoms with Crippen LogP contribution in [0.15, 0.2) is 40.1 Å². The molecule has 5 heteroatoms. The number of anilines is 2. The molecule has 20 heavy (non-hydrogen) atoms. The molecule has 0 aliphatic carbocycles. The van der Waals surface area contributed by atoms with Crippen LogP contribution in [0, 0.1) is 0 Å². The van der Waals surface area contributed by atoms with E-state index in [-0.39, 0.29) is 0 Å². The highest BCUT2D eigenvalue weighted by Gasteiger charge is 2.17. The third-order valence-corrected chi connectivity index (χ3v) is 4.38. The highest BCUT2D eigenvalue weighted by atomic mass is 32.1. The lowest BCUT2D eigenvalue weighted by Gasteiger charge is -2.22. The van der Waals surface area contributed by atoms with Crippen LogP contribution in [0.3, 0.4) is 0 Å². The Hall–Kier alpha value is -2.01. The molecule has 0 radical (unpaired) electrons. The maximum Gasteiger partial charge on any atom is 0.298 e. The lowest BCUT2D eigenvalue weighted by atomic mass is 10.2. The molecule has 1 unspecified atom stereocenters. The van der Waals surface area contributed by atoms with E-state index in [0.29, 0.717) is 17.7 Å². The van der Waals surface area contributed by atoms with Crippen molar-refractivity contribution in [2.45, 2.75) is 19.4 Å². The van der Waals surface area contributed by atoms with E-state index in [4.69, 9.17) is 10.2 Å². The van der Waals surface area contributed by atoms with Crippen LogP contribution in [-0.2, 0) is 6.42 Å². The van der Waals surface area contributed by atoms with E-state index in [1.165, 1.54) is 4.88 Å². The van der Waals surface area contributed by atoms with Gasteiger partial charge in [-0.25, -0.2) is 0 Å². The van der Waals surface area contributed by atoms with E-state index in [2.05, 4.69) is 34.3 Å². The van der Waals surface area contributed by atoms with Gasteiger partial charge in [0.1, 0.15) is 5.52 Å². The number of oxazole rings is 1. The molecule has 0 saturated carbocycles. The lowest BCUT2D eigenvalue weighted by molar-refractivity contribution is 0.548. The van der Waals surface area contributed by atoms with Gasteiger partial charge in [-0.15, -0.1) is 11.3 Å². The molecular formula is C15H17N3OS. The zero-order valence-electron chi connectivity index (χ0n) is 11.5. The Labute approximate surface area is 121 Å². The highest BCUT2D eigenvalue weighted by molar-refractivity contribution is 7.09. The van der Waals surface area contributed by atoms with Crippen molar-refractivity contribution in [3.8, 4) is 0 Å². The van der Waals surface area contributed by atoms with Gasteiger partial charge in [-0.3, -0.25) is 0 Å². The molecule has 0 amide bonds. The second-order valence-corrected chi connectivity index (χ2v) is 5.97. The molecule has 0 aliphatic heterocycles. The van der Waals surface area contributed by atoms with Gasteiger partial charge in [0.2, 0.25) is 0 Å². The predicted octanol–water partition coefficient (Wildman–Crippen LogP) is 3.54. The number of benzene rings is 1. The fourth-order valence-corrected chi connectivity index (χ4v) is 2.98. The van der Waals surface area contributed by atoms with Crippen LogP contribution in [0.1, 0.15) is 11.8 Å². The summed E-state index contributed by atoms with van der Waals surface area (Å²) < 4.78 is 5.79. The number of nitrogens with zero attached hydrogens (tertiary/aromatic N) is 2. The highest BCUT2D eigenvalue weighted by Crippen LogP contribution is 2.27. The van der Waals surface area contributed by atoms with Gasteiger partial charge < -0.3 is 15.1 Å². The minimum atomic E-state index is 0.308. The van der Waals surface area contributed by atoms with Gasteiger partial charge in [-0.05, 0) is 30.5 Å². The number of thiophene rings is 1. The van der Waals surface area contributed by atoms with E-state index in [0.717, 1.165) is 17.5 Å². The minimum Gasteiger partial charge on any atom is -0.423 e. The van der Waals surface area contributed by atoms with Crippen molar-refractivity contribution >= 4 is 34.1 Å². The molecule has 3 aromatic rings. The molecule has 3 rings (SSSR count). The SMILES string of the molecule is CC(Cc1cccs1)N(C)c1nc2c(N)cccc2o1. The monoisotopic (exact) mass is 287 g/mol. The third-order valence-electron chi connectivity index (χ3n) is 3.48. The fraction of sp³-hybridized carbons (Fsp3) is 0.267. The van der Waals surface area contributed by atoms with Gasteiger partial charge in [0.15, 0.2) is 5.58 Å². The van der Waals surface area contributed by atoms with Gasteiger partial charge in [-0.2, -0.15) is 4.98 Å². The molecular weight excluding hydrogens is 270 g/mol. The van der Waals surface area contributed by atoms with Crippen LogP contribution >= 0.6 is 11.3 Å². The van der Waals surface area contributed by atoms with Gasteiger partial charge in [0.25, 0.3) is 6.01 Å². The number of likely N-dealkylation sites (N-methyl/N-ethyl adjacent to an activating group) is 1. The second-order valence-electron chi connectivity index (χ2n) is 4.93. The van der Waals surface area contributed by atoms with E-state index in [1.807, 2.05) is 25.2 Å². The summed E-state index contributed by atoms with van der Waals surface area (Å²) in [5, 5.41) is 2.10. The number of nitrogen functional groups attached to an aromatic ring is 1. The first kappa shape index (κ1) is 13.0. The molecule has 2 aromatic heterocycles. The number of hydrogen-bond donors (Lipinski definition) is 1. The van der Waals surface area contributed by atoms with Crippen LogP contribution in [0.25, 0.3) is 11.1 Å². The van der Waals surface area contributed by atoms with Crippen molar-refractivity contribution in [3.63, 3.8) is 0 Å². The summed E-state index contributed by atoms with van der Waals surface area (Å²) >= 11 is 1.77. The van der Waals surface area contributed by atoms with Crippen molar-refractivity contribution in [1.29, 1.82) is 0 Å². The minimum absolute atomic E-state index is 0.308. The van der Waals surface area contributed by atoms with Crippen LogP contribution < -0.4 is 10.6 Å². The summed E-state index contributed by atoms with van der Waals surface area (Å²) in [6.45, 7) is 2.16. The summed E-state index contributed by atoms with van der Waals surface area (Å²) in [5.41, 5.74) is 8.03. The topological polar surface area (TPSA) is 55.3 Å². The van der Waals surface area contributed by atoms with Crippen LogP contribution in [0.2, 0.25) is 0 Å². The standard InChI is InChI=1S/C15H17N3OS/c1-10(9-11-5-4-8-20-11)18(2)15-17-14-12(16)6-3-7-13(14)19-15/h3-8,10H,9,16H2,1-2H3. The van der Waals surface area contributed by atoms with Gasteiger partial charge in [0, 0.05) is 24.4 Å². The first-order chi connectivity index (χ1) is 9.65. The van der Waals surface area contributed by atoms with Gasteiger partial charge >= 0.3 is 0 Å². The molecule has 104 valence electrons. The van der Waals surface area contributed by atoms with E-state index < -0.39 is 0 Å². The molecule has 2 heterocycles. The van der Waals surface area contributed by atoms with E-state index in [1.54, 1.807) is 11.3 Å². The van der Waals surface area contributed by atoms with Crippen molar-refractivity contribution in [3.05, 3.63) is 40.6 Å². The second kappa shape index (κ2) is 5.17. The van der Waals surface area contributed by atoms with Crippen LogP contribution in [0.4, 0.5) is 11.7 Å². The summed E-state index contributed by atoms with van der Waals surface area (Å²) in [6, 6.07) is 10.8. The van der Waals surface area contributed by atoms with E-state index >= 15 is 0 Å². The first-order valence-electron chi connectivity index (χ1n) is 6.55. The molecule has 1 atom stereocenters. The van der Waals surface area contributed by atoms with Gasteiger partial charge in [-0.1, -0.05) is 12.1 Å². The number of para-hydroxylation sites is 1. The molecule has 0 aliphatic rings. The average Bonchev–Trinajstić information content (AvgIpc) is 3.07. The average molecular weight is 287 g/mol.